The van der Waals surface area contributed by atoms with Crippen LogP contribution in [0, 0.1) is 0 Å². The Hall–Kier alpha value is -1.82. The molecule has 2 aromatic carbocycles. The molecule has 0 heterocycles. The highest BCUT2D eigenvalue weighted by Crippen LogP contribution is 2.41. The van der Waals surface area contributed by atoms with Gasteiger partial charge >= 0.3 is 0 Å². The second-order valence-electron chi connectivity index (χ2n) is 5.29. The molecule has 0 atom stereocenters. The van der Waals surface area contributed by atoms with Crippen molar-refractivity contribution >= 4 is 5.57 Å². The molecule has 4 rings (SSSR count). The number of benzene rings is 2. The smallest absolute Gasteiger partial charge is 0.000740 e. The van der Waals surface area contributed by atoms with Crippen molar-refractivity contribution in [2.75, 3.05) is 0 Å². The third kappa shape index (κ3) is 1.38. The Kier molecular flexibility index (Phi) is 2.16. The lowest BCUT2D eigenvalue weighted by molar-refractivity contribution is 0.934. The minimum absolute atomic E-state index is 1.11. The molecule has 0 unspecified atom stereocenters. The molecule has 0 radical (unpaired) electrons. The molecule has 0 fully saturated rings. The van der Waals surface area contributed by atoms with E-state index in [1.54, 1.807) is 11.1 Å². The maximum absolute atomic E-state index is 2.43. The Balaban J connectivity index is 1.91. The van der Waals surface area contributed by atoms with Crippen molar-refractivity contribution < 1.29 is 0 Å². The van der Waals surface area contributed by atoms with E-state index in [-0.39, 0.29) is 0 Å². The Morgan fingerprint density at radius 1 is 0.778 bits per heavy atom. The zero-order valence-corrected chi connectivity index (χ0v) is 10.4. The summed E-state index contributed by atoms with van der Waals surface area (Å²) in [6.45, 7) is 0. The normalized spacial score (nSPS) is 16.3. The van der Waals surface area contributed by atoms with E-state index in [0.717, 1.165) is 6.42 Å². The van der Waals surface area contributed by atoms with Crippen LogP contribution < -0.4 is 0 Å². The van der Waals surface area contributed by atoms with E-state index >= 15 is 0 Å². The molecule has 2 aromatic rings. The first kappa shape index (κ1) is 10.1. The zero-order valence-electron chi connectivity index (χ0n) is 10.4. The predicted molar refractivity (Wildman–Crippen MR) is 76.5 cm³/mol. The summed E-state index contributed by atoms with van der Waals surface area (Å²) in [7, 11) is 0. The molecule has 0 bridgehead atoms. The Morgan fingerprint density at radius 2 is 1.61 bits per heavy atom. The van der Waals surface area contributed by atoms with Crippen LogP contribution in [0.4, 0.5) is 0 Å². The number of hydrogen-bond donors (Lipinski definition) is 0. The van der Waals surface area contributed by atoms with Gasteiger partial charge in [-0.25, -0.2) is 0 Å². The van der Waals surface area contributed by atoms with Gasteiger partial charge in [-0.1, -0.05) is 48.5 Å². The highest BCUT2D eigenvalue weighted by molar-refractivity contribution is 5.83. The van der Waals surface area contributed by atoms with Gasteiger partial charge in [0.2, 0.25) is 0 Å². The third-order valence-corrected chi connectivity index (χ3v) is 4.24. The second kappa shape index (κ2) is 3.84. The number of hydrogen-bond acceptors (Lipinski definition) is 0. The van der Waals surface area contributed by atoms with Gasteiger partial charge in [0.05, 0.1) is 0 Å². The molecule has 0 spiro atoms. The highest BCUT2D eigenvalue weighted by atomic mass is 14.3. The Morgan fingerprint density at radius 3 is 2.50 bits per heavy atom. The fourth-order valence-electron chi connectivity index (χ4n) is 3.37. The SMILES string of the molecule is C1=C(c2cccc3c2Cc2ccccc2-3)CCC1. The van der Waals surface area contributed by atoms with Gasteiger partial charge in [-0.15, -0.1) is 0 Å². The third-order valence-electron chi connectivity index (χ3n) is 4.24. The van der Waals surface area contributed by atoms with Gasteiger partial charge in [0.15, 0.2) is 0 Å². The molecule has 0 amide bonds. The van der Waals surface area contributed by atoms with Crippen LogP contribution in [0.5, 0.6) is 0 Å². The minimum Gasteiger partial charge on any atom is -0.0807 e. The summed E-state index contributed by atoms with van der Waals surface area (Å²) in [5.41, 5.74) is 9.00. The Labute approximate surface area is 108 Å². The molecule has 18 heavy (non-hydrogen) atoms. The van der Waals surface area contributed by atoms with E-state index < -0.39 is 0 Å². The molecule has 0 heteroatoms. The minimum atomic E-state index is 1.11. The van der Waals surface area contributed by atoms with Crippen molar-refractivity contribution in [3.63, 3.8) is 0 Å². The van der Waals surface area contributed by atoms with E-state index in [1.165, 1.54) is 41.5 Å². The number of fused-ring (bicyclic) bond motifs is 3. The van der Waals surface area contributed by atoms with Crippen molar-refractivity contribution in [1.82, 2.24) is 0 Å². The second-order valence-corrected chi connectivity index (χ2v) is 5.29. The lowest BCUT2D eigenvalue weighted by Crippen LogP contribution is -1.90. The maximum Gasteiger partial charge on any atom is -0.000740 e. The van der Waals surface area contributed by atoms with Crippen molar-refractivity contribution in [2.45, 2.75) is 25.7 Å². The zero-order chi connectivity index (χ0) is 11.9. The Bertz CT molecular complexity index is 647. The highest BCUT2D eigenvalue weighted by Gasteiger charge is 2.22. The van der Waals surface area contributed by atoms with Crippen LogP contribution in [-0.2, 0) is 6.42 Å². The van der Waals surface area contributed by atoms with Crippen LogP contribution in [0.1, 0.15) is 36.0 Å². The molecule has 0 aromatic heterocycles. The largest absolute Gasteiger partial charge is 0.0807 e. The molecular weight excluding hydrogens is 216 g/mol. The first-order chi connectivity index (χ1) is 8.93. The van der Waals surface area contributed by atoms with Crippen LogP contribution in [0.15, 0.2) is 48.5 Å². The van der Waals surface area contributed by atoms with Gasteiger partial charge in [-0.2, -0.15) is 0 Å². The summed E-state index contributed by atoms with van der Waals surface area (Å²) in [5, 5.41) is 0. The summed E-state index contributed by atoms with van der Waals surface area (Å²) in [6, 6.07) is 15.6. The lowest BCUT2D eigenvalue weighted by Gasteiger charge is -2.09. The monoisotopic (exact) mass is 232 g/mol. The van der Waals surface area contributed by atoms with Crippen molar-refractivity contribution in [3.8, 4) is 11.1 Å². The molecular formula is C18H16. The van der Waals surface area contributed by atoms with Crippen molar-refractivity contribution in [3.05, 3.63) is 65.2 Å². The van der Waals surface area contributed by atoms with Gasteiger partial charge < -0.3 is 0 Å². The fourth-order valence-corrected chi connectivity index (χ4v) is 3.37. The average molecular weight is 232 g/mol. The summed E-state index contributed by atoms with van der Waals surface area (Å²) in [5.74, 6) is 0. The molecule has 0 nitrogen and oxygen atoms in total. The summed E-state index contributed by atoms with van der Waals surface area (Å²) < 4.78 is 0. The predicted octanol–water partition coefficient (Wildman–Crippen LogP) is 4.83. The standard InChI is InChI=1S/C18H16/c1-2-7-13(6-1)15-10-5-11-17-16-9-4-3-8-14(16)12-18(15)17/h3-6,8-11H,1-2,7,12H2. The molecule has 0 aliphatic heterocycles. The van der Waals surface area contributed by atoms with Gasteiger partial charge in [0, 0.05) is 0 Å². The lowest BCUT2D eigenvalue weighted by atomic mass is 9.95. The van der Waals surface area contributed by atoms with Gasteiger partial charge in [0.25, 0.3) is 0 Å². The van der Waals surface area contributed by atoms with Crippen LogP contribution in [0.3, 0.4) is 0 Å². The van der Waals surface area contributed by atoms with Crippen LogP contribution in [-0.4, -0.2) is 0 Å². The van der Waals surface area contributed by atoms with E-state index in [9.17, 15) is 0 Å². The summed E-state index contributed by atoms with van der Waals surface area (Å²) in [6.07, 6.45) is 7.38. The molecule has 0 saturated heterocycles. The fraction of sp³-hybridized carbons (Fsp3) is 0.222. The van der Waals surface area contributed by atoms with Gasteiger partial charge in [-0.05, 0) is 59.1 Å². The van der Waals surface area contributed by atoms with Gasteiger partial charge in [-0.3, -0.25) is 0 Å². The van der Waals surface area contributed by atoms with Crippen LogP contribution >= 0.6 is 0 Å². The molecule has 0 N–H and O–H groups in total. The molecule has 2 aliphatic rings. The number of rotatable bonds is 1. The first-order valence-corrected chi connectivity index (χ1v) is 6.83. The molecule has 2 aliphatic carbocycles. The molecule has 88 valence electrons. The first-order valence-electron chi connectivity index (χ1n) is 6.83. The quantitative estimate of drug-likeness (QED) is 0.564. The van der Waals surface area contributed by atoms with E-state index in [0.29, 0.717) is 0 Å². The van der Waals surface area contributed by atoms with Crippen LogP contribution in [0.25, 0.3) is 16.7 Å². The van der Waals surface area contributed by atoms with Crippen LogP contribution in [0.2, 0.25) is 0 Å². The van der Waals surface area contributed by atoms with E-state index in [2.05, 4.69) is 48.5 Å². The van der Waals surface area contributed by atoms with E-state index in [1.807, 2.05) is 0 Å². The summed E-state index contributed by atoms with van der Waals surface area (Å²) >= 11 is 0. The van der Waals surface area contributed by atoms with Gasteiger partial charge in [0.1, 0.15) is 0 Å². The topological polar surface area (TPSA) is 0 Å². The number of allylic oxidation sites excluding steroid dienone is 2. The van der Waals surface area contributed by atoms with Crippen molar-refractivity contribution in [1.29, 1.82) is 0 Å². The van der Waals surface area contributed by atoms with E-state index in [4.69, 9.17) is 0 Å². The summed E-state index contributed by atoms with van der Waals surface area (Å²) in [4.78, 5) is 0. The molecule has 0 saturated carbocycles. The van der Waals surface area contributed by atoms with Crippen molar-refractivity contribution in [2.24, 2.45) is 0 Å². The maximum atomic E-state index is 2.43. The average Bonchev–Trinajstić information content (AvgIpc) is 3.05.